The molecule has 0 saturated heterocycles. The number of nitrogens with zero attached hydrogens (tertiary/aromatic N) is 7. The second-order valence-electron chi connectivity index (χ2n) is 21.7. The van der Waals surface area contributed by atoms with Gasteiger partial charge in [-0.2, -0.15) is 5.10 Å². The van der Waals surface area contributed by atoms with Crippen LogP contribution in [0.15, 0.2) is 103 Å². The summed E-state index contributed by atoms with van der Waals surface area (Å²) in [4.78, 5) is 4.30. The SMILES string of the molecule is Fc1cc(F)c(N(CCCN(CCCN(c2c(F)cc(F)cc2F)c2c(F)cc(F)cc2F)Cc2cc(CN(CCCN(c3c(F)cc(F)cc3F)c3c(F)cc(F)cc3F)CCCN(c3c(F)cc(F)cc3F)c3c(F)cc(F)cc3F)[nH]n2)c2c(F)cc(F)cc2F)c(F)c1. The van der Waals surface area contributed by atoms with Gasteiger partial charge in [-0.05, 0) is 31.7 Å². The second-order valence-corrected chi connectivity index (χ2v) is 21.7. The van der Waals surface area contributed by atoms with Gasteiger partial charge in [-0.1, -0.05) is 0 Å². The molecule has 8 nitrogen and oxygen atoms in total. The minimum atomic E-state index is -1.69. The minimum absolute atomic E-state index is 0.00690. The number of nitrogens with one attached hydrogen (secondary N) is 1. The maximum atomic E-state index is 15.5. The lowest BCUT2D eigenvalue weighted by molar-refractivity contribution is 0.257. The fourth-order valence-corrected chi connectivity index (χ4v) is 11.1. The fraction of sp³-hybridized carbons (Fsp3) is 0.215. The lowest BCUT2D eigenvalue weighted by Gasteiger charge is -2.30. The molecule has 0 spiro atoms. The van der Waals surface area contributed by atoms with Gasteiger partial charge < -0.3 is 19.6 Å². The summed E-state index contributed by atoms with van der Waals surface area (Å²) in [6, 6.07) is 4.00. The minimum Gasteiger partial charge on any atom is -0.332 e. The van der Waals surface area contributed by atoms with Crippen LogP contribution in [0, 0.1) is 140 Å². The smallest absolute Gasteiger partial charge is 0.152 e. The number of aromatic amines is 1. The highest BCUT2D eigenvalue weighted by atomic mass is 19.2. The van der Waals surface area contributed by atoms with Gasteiger partial charge in [-0.15, -0.1) is 0 Å². The van der Waals surface area contributed by atoms with Crippen LogP contribution in [0.25, 0.3) is 0 Å². The third-order valence-electron chi connectivity index (χ3n) is 14.9. The van der Waals surface area contributed by atoms with Crippen LogP contribution in [-0.2, 0) is 13.1 Å². The average Bonchev–Trinajstić information content (AvgIpc) is 1.17. The lowest BCUT2D eigenvalue weighted by Crippen LogP contribution is -2.32. The molecule has 9 aromatic rings. The van der Waals surface area contributed by atoms with E-state index in [1.165, 1.54) is 15.9 Å². The third-order valence-corrected chi connectivity index (χ3v) is 14.9. The number of anilines is 8. The van der Waals surface area contributed by atoms with E-state index in [2.05, 4.69) is 10.2 Å². The summed E-state index contributed by atoms with van der Waals surface area (Å²) in [5, 5.41) is 6.94. The second kappa shape index (κ2) is 30.6. The van der Waals surface area contributed by atoms with Crippen molar-refractivity contribution in [3.8, 4) is 0 Å². The fourth-order valence-electron chi connectivity index (χ4n) is 11.1. The number of benzene rings is 8. The topological polar surface area (TPSA) is 48.1 Å². The Balaban J connectivity index is 1.05. The van der Waals surface area contributed by atoms with Crippen molar-refractivity contribution < 1.29 is 105 Å². The van der Waals surface area contributed by atoms with Crippen LogP contribution in [0.3, 0.4) is 0 Å². The van der Waals surface area contributed by atoms with E-state index in [9.17, 15) is 35.1 Å². The lowest BCUT2D eigenvalue weighted by atomic mass is 10.1. The number of hydrogen-bond donors (Lipinski definition) is 1. The van der Waals surface area contributed by atoms with Crippen LogP contribution in [-0.4, -0.2) is 72.4 Å². The summed E-state index contributed by atoms with van der Waals surface area (Å²) in [6.45, 7) is -5.66. The first-order chi connectivity index (χ1) is 46.0. The van der Waals surface area contributed by atoms with Crippen molar-refractivity contribution >= 4 is 45.5 Å². The number of H-pyrrole nitrogens is 1. The van der Waals surface area contributed by atoms with Crippen molar-refractivity contribution in [1.82, 2.24) is 20.0 Å². The first-order valence-corrected chi connectivity index (χ1v) is 28.7. The van der Waals surface area contributed by atoms with Crippen molar-refractivity contribution in [2.24, 2.45) is 0 Å². The third kappa shape index (κ3) is 16.8. The molecule has 0 aliphatic heterocycles. The van der Waals surface area contributed by atoms with Gasteiger partial charge in [0.05, 0.1) is 5.69 Å². The van der Waals surface area contributed by atoms with E-state index in [0.29, 0.717) is 19.6 Å². The quantitative estimate of drug-likeness (QED) is 0.0490. The molecule has 514 valence electrons. The van der Waals surface area contributed by atoms with Crippen LogP contribution < -0.4 is 19.6 Å². The van der Waals surface area contributed by atoms with Gasteiger partial charge in [0.25, 0.3) is 0 Å². The van der Waals surface area contributed by atoms with Crippen LogP contribution in [0.5, 0.6) is 0 Å². The van der Waals surface area contributed by atoms with E-state index < -0.39 is 276 Å². The van der Waals surface area contributed by atoms with Crippen LogP contribution in [0.2, 0.25) is 0 Å². The van der Waals surface area contributed by atoms with E-state index in [4.69, 9.17) is 0 Å². The van der Waals surface area contributed by atoms with E-state index in [1.54, 1.807) is 0 Å². The molecule has 9 rings (SSSR count). The summed E-state index contributed by atoms with van der Waals surface area (Å²) in [7, 11) is 0. The summed E-state index contributed by atoms with van der Waals surface area (Å²) < 4.78 is 362. The number of halogens is 24. The summed E-state index contributed by atoms with van der Waals surface area (Å²) in [5.74, 6) is -38.7. The monoisotopic (exact) mass is 1390 g/mol. The summed E-state index contributed by atoms with van der Waals surface area (Å²) in [5.41, 5.74) is -9.75. The Kier molecular flexibility index (Phi) is 22.7. The molecule has 8 aromatic carbocycles. The van der Waals surface area contributed by atoms with Gasteiger partial charge >= 0.3 is 0 Å². The molecule has 97 heavy (non-hydrogen) atoms. The molecule has 0 fully saturated rings. The van der Waals surface area contributed by atoms with Crippen molar-refractivity contribution in [3.05, 3.63) is 254 Å². The highest BCUT2D eigenvalue weighted by molar-refractivity contribution is 5.69. The number of aromatic nitrogens is 2. The van der Waals surface area contributed by atoms with Gasteiger partial charge in [-0.3, -0.25) is 14.9 Å². The zero-order chi connectivity index (χ0) is 70.4. The Labute approximate surface area is 534 Å². The molecule has 0 bridgehead atoms. The molecule has 0 aliphatic carbocycles. The molecule has 0 unspecified atom stereocenters. The van der Waals surface area contributed by atoms with E-state index >= 15 is 70.2 Å². The Morgan fingerprint density at radius 2 is 0.381 bits per heavy atom. The Bertz CT molecular complexity index is 3430. The number of hydrogen-bond acceptors (Lipinski definition) is 7. The molecule has 32 heteroatoms. The molecule has 0 atom stereocenters. The molecular formula is C65H46F24N8. The molecule has 1 aromatic heterocycles. The van der Waals surface area contributed by atoms with Crippen molar-refractivity contribution in [2.45, 2.75) is 38.8 Å². The largest absolute Gasteiger partial charge is 0.332 e. The maximum Gasteiger partial charge on any atom is 0.152 e. The van der Waals surface area contributed by atoms with Gasteiger partial charge in [0.2, 0.25) is 0 Å². The Hall–Kier alpha value is -9.59. The highest BCUT2D eigenvalue weighted by Gasteiger charge is 2.32. The molecule has 0 saturated carbocycles. The first-order valence-electron chi connectivity index (χ1n) is 28.7. The van der Waals surface area contributed by atoms with E-state index in [1.807, 2.05) is 0 Å². The average molecular weight is 1400 g/mol. The summed E-state index contributed by atoms with van der Waals surface area (Å²) in [6.07, 6.45) is -1.80. The van der Waals surface area contributed by atoms with Crippen molar-refractivity contribution in [1.29, 1.82) is 0 Å². The van der Waals surface area contributed by atoms with E-state index in [0.717, 1.165) is 0 Å². The molecular weight excluding hydrogens is 1350 g/mol. The van der Waals surface area contributed by atoms with Gasteiger partial charge in [-0.25, -0.2) is 105 Å². The molecule has 0 radical (unpaired) electrons. The van der Waals surface area contributed by atoms with Gasteiger partial charge in [0.1, 0.15) is 92.0 Å². The highest BCUT2D eigenvalue weighted by Crippen LogP contribution is 2.41. The molecule has 1 N–H and O–H groups in total. The van der Waals surface area contributed by atoms with Gasteiger partial charge in [0, 0.05) is 168 Å². The van der Waals surface area contributed by atoms with Crippen LogP contribution in [0.1, 0.15) is 37.1 Å². The zero-order valence-corrected chi connectivity index (χ0v) is 49.4. The van der Waals surface area contributed by atoms with E-state index in [-0.39, 0.29) is 108 Å². The summed E-state index contributed by atoms with van der Waals surface area (Å²) >= 11 is 0. The molecule has 0 amide bonds. The predicted molar refractivity (Wildman–Crippen MR) is 306 cm³/mol. The predicted octanol–water partition coefficient (Wildman–Crippen LogP) is 18.3. The number of rotatable bonds is 28. The molecule has 1 heterocycles. The standard InChI is InChI=1S/C65H46F24N8/c66-32-13-42(74)58(43(75)14-32)94(59-44(76)15-33(67)16-45(59)77)9-1-5-92(6-2-10-95(60-46(78)17-34(68)18-47(60)79)61-48(80)19-35(69)20-49(61)81)30-40-29-41(91-90-40)31-93(7-3-11-96(62-50(82)21-36(70)22-51(62)83)63-52(84)23-37(71)24-53(63)85)8-4-12-97(64-54(86)25-38(72)26-55(64)87)65-56(88)27-39(73)28-57(65)89/h13-29H,1-12,30-31H2,(H,90,91). The van der Waals surface area contributed by atoms with Crippen molar-refractivity contribution in [2.75, 3.05) is 72.0 Å². The Morgan fingerprint density at radius 3 is 0.557 bits per heavy atom. The normalized spacial score (nSPS) is 11.6. The first kappa shape index (κ1) is 71.7. The maximum absolute atomic E-state index is 15.5. The van der Waals surface area contributed by atoms with Crippen LogP contribution >= 0.6 is 0 Å². The van der Waals surface area contributed by atoms with Crippen molar-refractivity contribution in [3.63, 3.8) is 0 Å². The molecule has 0 aliphatic rings. The zero-order valence-electron chi connectivity index (χ0n) is 49.4. The Morgan fingerprint density at radius 1 is 0.216 bits per heavy atom. The van der Waals surface area contributed by atoms with Crippen LogP contribution in [0.4, 0.5) is 151 Å². The van der Waals surface area contributed by atoms with Gasteiger partial charge in [0.15, 0.2) is 93.1 Å².